The standard InChI is InChI=1S/C18H27N3O2/c1-3-15-9-4-5-10-16(15)20-17(22)12-19-18(23)13-21-11-7-6-8-14(21)2/h4-5,9-10,14H,3,6-8,11-13H2,1-2H3,(H,19,23)(H,20,22)/t14-/m0/s1. The molecule has 1 aliphatic heterocycles. The highest BCUT2D eigenvalue weighted by molar-refractivity contribution is 5.95. The van der Waals surface area contributed by atoms with Crippen molar-refractivity contribution in [1.29, 1.82) is 0 Å². The zero-order valence-corrected chi connectivity index (χ0v) is 14.1. The molecule has 0 aliphatic carbocycles. The maximum absolute atomic E-state index is 12.0. The Morgan fingerprint density at radius 3 is 2.74 bits per heavy atom. The van der Waals surface area contributed by atoms with Crippen molar-refractivity contribution in [3.8, 4) is 0 Å². The van der Waals surface area contributed by atoms with Gasteiger partial charge in [-0.3, -0.25) is 14.5 Å². The summed E-state index contributed by atoms with van der Waals surface area (Å²) in [4.78, 5) is 26.2. The summed E-state index contributed by atoms with van der Waals surface area (Å²) in [5, 5.41) is 5.58. The van der Waals surface area contributed by atoms with Gasteiger partial charge in [-0.05, 0) is 44.4 Å². The average molecular weight is 317 g/mol. The second-order valence-electron chi connectivity index (χ2n) is 6.15. The number of hydrogen-bond acceptors (Lipinski definition) is 3. The number of rotatable bonds is 6. The average Bonchev–Trinajstić information content (AvgIpc) is 2.55. The van der Waals surface area contributed by atoms with Crippen molar-refractivity contribution < 1.29 is 9.59 Å². The van der Waals surface area contributed by atoms with Crippen LogP contribution in [0.25, 0.3) is 0 Å². The molecule has 0 radical (unpaired) electrons. The molecule has 5 heteroatoms. The van der Waals surface area contributed by atoms with Crippen LogP contribution in [-0.4, -0.2) is 42.4 Å². The van der Waals surface area contributed by atoms with Gasteiger partial charge < -0.3 is 10.6 Å². The van der Waals surface area contributed by atoms with E-state index in [2.05, 4.69) is 22.5 Å². The van der Waals surface area contributed by atoms with E-state index in [1.807, 2.05) is 31.2 Å². The minimum absolute atomic E-state index is 0.0130. The van der Waals surface area contributed by atoms with Gasteiger partial charge in [0.2, 0.25) is 11.8 Å². The Labute approximate surface area is 138 Å². The highest BCUT2D eigenvalue weighted by atomic mass is 16.2. The molecule has 1 fully saturated rings. The number of amides is 2. The second kappa shape index (κ2) is 8.67. The minimum Gasteiger partial charge on any atom is -0.346 e. The first-order valence-corrected chi connectivity index (χ1v) is 8.48. The second-order valence-corrected chi connectivity index (χ2v) is 6.15. The van der Waals surface area contributed by atoms with Crippen LogP contribution in [0, 0.1) is 0 Å². The summed E-state index contributed by atoms with van der Waals surface area (Å²) >= 11 is 0. The zero-order chi connectivity index (χ0) is 16.7. The molecule has 0 bridgehead atoms. The molecule has 1 aromatic carbocycles. The molecule has 1 heterocycles. The van der Waals surface area contributed by atoms with E-state index in [1.54, 1.807) is 0 Å². The Morgan fingerprint density at radius 1 is 1.22 bits per heavy atom. The van der Waals surface area contributed by atoms with E-state index in [0.29, 0.717) is 12.6 Å². The Hall–Kier alpha value is -1.88. The van der Waals surface area contributed by atoms with E-state index in [1.165, 1.54) is 6.42 Å². The molecule has 0 unspecified atom stereocenters. The van der Waals surface area contributed by atoms with Gasteiger partial charge in [0, 0.05) is 11.7 Å². The third kappa shape index (κ3) is 5.36. The Bertz CT molecular complexity index is 545. The maximum atomic E-state index is 12.0. The molecule has 0 spiro atoms. The van der Waals surface area contributed by atoms with Gasteiger partial charge in [-0.1, -0.05) is 31.5 Å². The lowest BCUT2D eigenvalue weighted by molar-refractivity contribution is -0.125. The minimum atomic E-state index is -0.189. The third-order valence-electron chi connectivity index (χ3n) is 4.41. The van der Waals surface area contributed by atoms with Crippen LogP contribution in [-0.2, 0) is 16.0 Å². The van der Waals surface area contributed by atoms with Crippen LogP contribution in [0.3, 0.4) is 0 Å². The third-order valence-corrected chi connectivity index (χ3v) is 4.41. The monoisotopic (exact) mass is 317 g/mol. The fraction of sp³-hybridized carbons (Fsp3) is 0.556. The van der Waals surface area contributed by atoms with E-state index in [9.17, 15) is 9.59 Å². The molecule has 2 rings (SSSR count). The molecule has 126 valence electrons. The zero-order valence-electron chi connectivity index (χ0n) is 14.1. The van der Waals surface area contributed by atoms with E-state index >= 15 is 0 Å². The van der Waals surface area contributed by atoms with E-state index in [-0.39, 0.29) is 18.4 Å². The van der Waals surface area contributed by atoms with Gasteiger partial charge in [-0.25, -0.2) is 0 Å². The number of carbonyl (C=O) groups is 2. The number of carbonyl (C=O) groups excluding carboxylic acids is 2. The Kier molecular flexibility index (Phi) is 6.59. The summed E-state index contributed by atoms with van der Waals surface area (Å²) in [6.07, 6.45) is 4.38. The Morgan fingerprint density at radius 2 is 2.00 bits per heavy atom. The van der Waals surface area contributed by atoms with E-state index in [4.69, 9.17) is 0 Å². The number of benzene rings is 1. The van der Waals surface area contributed by atoms with Gasteiger partial charge >= 0.3 is 0 Å². The molecule has 1 atom stereocenters. The maximum Gasteiger partial charge on any atom is 0.243 e. The predicted molar refractivity (Wildman–Crippen MR) is 92.3 cm³/mol. The summed E-state index contributed by atoms with van der Waals surface area (Å²) in [7, 11) is 0. The number of aryl methyl sites for hydroxylation is 1. The van der Waals surface area contributed by atoms with Gasteiger partial charge in [0.15, 0.2) is 0 Å². The van der Waals surface area contributed by atoms with Crippen molar-refractivity contribution in [3.05, 3.63) is 29.8 Å². The van der Waals surface area contributed by atoms with Crippen molar-refractivity contribution in [2.24, 2.45) is 0 Å². The van der Waals surface area contributed by atoms with Crippen LogP contribution in [0.15, 0.2) is 24.3 Å². The van der Waals surface area contributed by atoms with Crippen LogP contribution < -0.4 is 10.6 Å². The molecule has 0 aromatic heterocycles. The van der Waals surface area contributed by atoms with Gasteiger partial charge in [0.05, 0.1) is 13.1 Å². The number of para-hydroxylation sites is 1. The number of anilines is 1. The van der Waals surface area contributed by atoms with Gasteiger partial charge in [-0.2, -0.15) is 0 Å². The molecule has 0 saturated carbocycles. The fourth-order valence-electron chi connectivity index (χ4n) is 2.96. The number of nitrogens with zero attached hydrogens (tertiary/aromatic N) is 1. The Balaban J connectivity index is 1.76. The predicted octanol–water partition coefficient (Wildman–Crippen LogP) is 2.18. The number of likely N-dealkylation sites (tertiary alicyclic amines) is 1. The molecule has 2 N–H and O–H groups in total. The molecular weight excluding hydrogens is 290 g/mol. The molecule has 1 saturated heterocycles. The van der Waals surface area contributed by atoms with Crippen LogP contribution >= 0.6 is 0 Å². The van der Waals surface area contributed by atoms with Gasteiger partial charge in [-0.15, -0.1) is 0 Å². The fourth-order valence-corrected chi connectivity index (χ4v) is 2.96. The molecule has 5 nitrogen and oxygen atoms in total. The normalized spacial score (nSPS) is 18.4. The van der Waals surface area contributed by atoms with Crippen molar-refractivity contribution in [3.63, 3.8) is 0 Å². The smallest absolute Gasteiger partial charge is 0.243 e. The summed E-state index contributed by atoms with van der Waals surface area (Å²) < 4.78 is 0. The molecule has 1 aliphatic rings. The molecule has 2 amide bonds. The number of nitrogens with one attached hydrogen (secondary N) is 2. The SMILES string of the molecule is CCc1ccccc1NC(=O)CNC(=O)CN1CCCC[C@@H]1C. The summed E-state index contributed by atoms with van der Waals surface area (Å²) in [6.45, 7) is 5.55. The quantitative estimate of drug-likeness (QED) is 0.845. The first-order valence-electron chi connectivity index (χ1n) is 8.48. The molecular formula is C18H27N3O2. The van der Waals surface area contributed by atoms with Crippen molar-refractivity contribution in [2.45, 2.75) is 45.6 Å². The lowest BCUT2D eigenvalue weighted by Gasteiger charge is -2.32. The van der Waals surface area contributed by atoms with E-state index in [0.717, 1.165) is 37.1 Å². The summed E-state index contributed by atoms with van der Waals surface area (Å²) in [5.41, 5.74) is 1.91. The van der Waals surface area contributed by atoms with Gasteiger partial charge in [0.1, 0.15) is 0 Å². The highest BCUT2D eigenvalue weighted by Gasteiger charge is 2.20. The van der Waals surface area contributed by atoms with Gasteiger partial charge in [0.25, 0.3) is 0 Å². The number of piperidine rings is 1. The molecule has 1 aromatic rings. The van der Waals surface area contributed by atoms with Crippen LogP contribution in [0.1, 0.15) is 38.7 Å². The van der Waals surface area contributed by atoms with Crippen LogP contribution in [0.4, 0.5) is 5.69 Å². The van der Waals surface area contributed by atoms with Crippen molar-refractivity contribution in [1.82, 2.24) is 10.2 Å². The largest absolute Gasteiger partial charge is 0.346 e. The van der Waals surface area contributed by atoms with Crippen molar-refractivity contribution >= 4 is 17.5 Å². The van der Waals surface area contributed by atoms with Crippen molar-refractivity contribution in [2.75, 3.05) is 25.0 Å². The van der Waals surface area contributed by atoms with Crippen LogP contribution in [0.5, 0.6) is 0 Å². The first kappa shape index (κ1) is 17.5. The first-order chi connectivity index (χ1) is 11.1. The highest BCUT2D eigenvalue weighted by Crippen LogP contribution is 2.16. The van der Waals surface area contributed by atoms with E-state index < -0.39 is 0 Å². The van der Waals surface area contributed by atoms with Crippen LogP contribution in [0.2, 0.25) is 0 Å². The topological polar surface area (TPSA) is 61.4 Å². The number of hydrogen-bond donors (Lipinski definition) is 2. The summed E-state index contributed by atoms with van der Waals surface area (Å²) in [5.74, 6) is -0.274. The lowest BCUT2D eigenvalue weighted by atomic mass is 10.0. The molecule has 23 heavy (non-hydrogen) atoms. The summed E-state index contributed by atoms with van der Waals surface area (Å²) in [6, 6.07) is 8.17. The lowest BCUT2D eigenvalue weighted by Crippen LogP contribution is -2.45.